The molecule has 0 radical (unpaired) electrons. The van der Waals surface area contributed by atoms with Gasteiger partial charge in [0.1, 0.15) is 6.04 Å². The van der Waals surface area contributed by atoms with Crippen LogP contribution >= 0.6 is 0 Å². The number of rotatable bonds is 6. The van der Waals surface area contributed by atoms with Crippen LogP contribution in [-0.4, -0.2) is 41.4 Å². The summed E-state index contributed by atoms with van der Waals surface area (Å²) >= 11 is 0. The molecule has 2 aromatic rings. The van der Waals surface area contributed by atoms with Crippen molar-refractivity contribution < 1.29 is 46.2 Å². The third-order valence-corrected chi connectivity index (χ3v) is 5.62. The molecule has 0 bridgehead atoms. The number of halogens is 4. The van der Waals surface area contributed by atoms with Gasteiger partial charge in [-0.2, -0.15) is 8.78 Å². The number of nitrogens with two attached hydrogens (primary N) is 1. The van der Waals surface area contributed by atoms with Crippen LogP contribution in [-0.2, 0) is 22.6 Å². The Bertz CT molecular complexity index is 1250. The lowest BCUT2D eigenvalue weighted by Gasteiger charge is -2.29. The van der Waals surface area contributed by atoms with Crippen LogP contribution in [0.4, 0.5) is 22.4 Å². The number of fused-ring (bicyclic) bond motifs is 1. The highest BCUT2D eigenvalue weighted by Crippen LogP contribution is 2.35. The number of imide groups is 1. The lowest BCUT2D eigenvalue weighted by Crippen LogP contribution is -2.52. The molecule has 2 heterocycles. The lowest BCUT2D eigenvalue weighted by molar-refractivity contribution is -0.136. The van der Waals surface area contributed by atoms with Crippen LogP contribution in [0.25, 0.3) is 0 Å². The zero-order chi connectivity index (χ0) is 25.4. The van der Waals surface area contributed by atoms with E-state index in [0.29, 0.717) is 11.6 Å². The van der Waals surface area contributed by atoms with Crippen LogP contribution in [0.3, 0.4) is 0 Å². The molecule has 2 aliphatic rings. The van der Waals surface area contributed by atoms with Crippen molar-refractivity contribution in [2.75, 3.05) is 0 Å². The summed E-state index contributed by atoms with van der Waals surface area (Å²) in [5.41, 5.74) is 5.05. The molecule has 0 aliphatic carbocycles. The summed E-state index contributed by atoms with van der Waals surface area (Å²) in [6, 6.07) is 3.95. The van der Waals surface area contributed by atoms with E-state index in [2.05, 4.69) is 14.8 Å². The maximum atomic E-state index is 14.9. The molecule has 1 unspecified atom stereocenters. The molecule has 0 spiro atoms. The predicted octanol–water partition coefficient (Wildman–Crippen LogP) is 2.38. The Balaban J connectivity index is 1.64. The average Bonchev–Trinajstić information content (AvgIpc) is 3.10. The Morgan fingerprint density at radius 2 is 1.86 bits per heavy atom. The summed E-state index contributed by atoms with van der Waals surface area (Å²) in [6.07, 6.45) is -1.74. The summed E-state index contributed by atoms with van der Waals surface area (Å²) in [4.78, 5) is 48.8. The van der Waals surface area contributed by atoms with E-state index >= 15 is 0 Å². The summed E-state index contributed by atoms with van der Waals surface area (Å²) in [6.45, 7) is -3.35. The molecule has 0 aromatic heterocycles. The number of nitrogens with zero attached hydrogens (tertiary/aromatic N) is 1. The fraction of sp³-hybridized carbons (Fsp3) is 0.273. The molecule has 9 nitrogen and oxygen atoms in total. The predicted molar refractivity (Wildman–Crippen MR) is 108 cm³/mol. The van der Waals surface area contributed by atoms with Crippen molar-refractivity contribution in [1.29, 1.82) is 0 Å². The second-order valence-electron chi connectivity index (χ2n) is 7.85. The van der Waals surface area contributed by atoms with E-state index in [1.807, 2.05) is 0 Å². The zero-order valence-electron chi connectivity index (χ0n) is 17.8. The van der Waals surface area contributed by atoms with Crippen molar-refractivity contribution >= 4 is 23.8 Å². The molecule has 0 saturated carbocycles. The second-order valence-corrected chi connectivity index (χ2v) is 7.85. The van der Waals surface area contributed by atoms with Crippen LogP contribution in [0, 0.1) is 11.6 Å². The third-order valence-electron chi connectivity index (χ3n) is 5.62. The SMILES string of the molecule is NC(=O)Oc1cc(OC(F)F)c(F)c(Cc2ccc3c(c2)C(=O)N(C2CCC(=O)NC2=O)C3)c1F. The van der Waals surface area contributed by atoms with Gasteiger partial charge in [0.2, 0.25) is 11.8 Å². The van der Waals surface area contributed by atoms with Gasteiger partial charge < -0.3 is 20.1 Å². The Morgan fingerprint density at radius 1 is 1.14 bits per heavy atom. The number of hydrogen-bond donors (Lipinski definition) is 2. The van der Waals surface area contributed by atoms with Gasteiger partial charge in [0.05, 0.1) is 0 Å². The van der Waals surface area contributed by atoms with Gasteiger partial charge in [-0.3, -0.25) is 19.7 Å². The third kappa shape index (κ3) is 4.74. The van der Waals surface area contributed by atoms with Crippen LogP contribution in [0.2, 0.25) is 0 Å². The molecule has 2 aromatic carbocycles. The van der Waals surface area contributed by atoms with E-state index in [4.69, 9.17) is 5.73 Å². The number of carbonyl (C=O) groups is 4. The molecule has 184 valence electrons. The maximum Gasteiger partial charge on any atom is 0.410 e. The Hall–Kier alpha value is -4.16. The first-order valence-electron chi connectivity index (χ1n) is 10.2. The largest absolute Gasteiger partial charge is 0.432 e. The molecule has 4 rings (SSSR count). The van der Waals surface area contributed by atoms with Crippen molar-refractivity contribution in [2.24, 2.45) is 5.73 Å². The number of nitrogens with one attached hydrogen (secondary N) is 1. The topological polar surface area (TPSA) is 128 Å². The highest BCUT2D eigenvalue weighted by atomic mass is 19.3. The van der Waals surface area contributed by atoms with Gasteiger partial charge in [-0.1, -0.05) is 12.1 Å². The first-order chi connectivity index (χ1) is 16.5. The van der Waals surface area contributed by atoms with Gasteiger partial charge in [0.15, 0.2) is 23.1 Å². The van der Waals surface area contributed by atoms with E-state index in [9.17, 15) is 36.7 Å². The molecule has 13 heteroatoms. The number of ether oxygens (including phenoxy) is 2. The smallest absolute Gasteiger partial charge is 0.410 e. The minimum Gasteiger partial charge on any atom is -0.432 e. The van der Waals surface area contributed by atoms with Crippen molar-refractivity contribution in [1.82, 2.24) is 10.2 Å². The molecular weight excluding hydrogens is 478 g/mol. The zero-order valence-corrected chi connectivity index (χ0v) is 17.8. The number of piperidine rings is 1. The van der Waals surface area contributed by atoms with Gasteiger partial charge in [0.25, 0.3) is 5.91 Å². The molecule has 4 amide bonds. The fourth-order valence-electron chi connectivity index (χ4n) is 4.08. The maximum absolute atomic E-state index is 14.9. The number of primary amides is 1. The van der Waals surface area contributed by atoms with Crippen LogP contribution in [0.15, 0.2) is 24.3 Å². The number of amides is 4. The van der Waals surface area contributed by atoms with Crippen LogP contribution in [0.1, 0.15) is 39.9 Å². The van der Waals surface area contributed by atoms with Crippen molar-refractivity contribution in [3.05, 3.63) is 58.2 Å². The number of hydrogen-bond acceptors (Lipinski definition) is 6. The summed E-state index contributed by atoms with van der Waals surface area (Å²) in [5, 5.41) is 2.18. The van der Waals surface area contributed by atoms with Gasteiger partial charge in [-0.15, -0.1) is 0 Å². The van der Waals surface area contributed by atoms with Crippen molar-refractivity contribution in [3.63, 3.8) is 0 Å². The highest BCUT2D eigenvalue weighted by Gasteiger charge is 2.39. The van der Waals surface area contributed by atoms with Crippen molar-refractivity contribution in [2.45, 2.75) is 38.5 Å². The summed E-state index contributed by atoms with van der Waals surface area (Å²) in [7, 11) is 0. The quantitative estimate of drug-likeness (QED) is 0.468. The van der Waals surface area contributed by atoms with Gasteiger partial charge in [0, 0.05) is 36.6 Å². The minimum atomic E-state index is -3.44. The van der Waals surface area contributed by atoms with E-state index in [1.54, 1.807) is 0 Å². The summed E-state index contributed by atoms with van der Waals surface area (Å²) < 4.78 is 63.5. The monoisotopic (exact) mass is 495 g/mol. The number of benzene rings is 2. The van der Waals surface area contributed by atoms with E-state index in [0.717, 1.165) is 0 Å². The molecule has 1 atom stereocenters. The van der Waals surface area contributed by atoms with Crippen molar-refractivity contribution in [3.8, 4) is 11.5 Å². The van der Waals surface area contributed by atoms with Gasteiger partial charge >= 0.3 is 12.7 Å². The first kappa shape index (κ1) is 24.0. The van der Waals surface area contributed by atoms with Crippen LogP contribution < -0.4 is 20.5 Å². The first-order valence-corrected chi connectivity index (χ1v) is 10.2. The minimum absolute atomic E-state index is 0.0765. The van der Waals surface area contributed by atoms with E-state index in [-0.39, 0.29) is 30.5 Å². The van der Waals surface area contributed by atoms with Gasteiger partial charge in [-0.25, -0.2) is 13.6 Å². The molecule has 1 saturated heterocycles. The normalized spacial score (nSPS) is 17.5. The lowest BCUT2D eigenvalue weighted by atomic mass is 9.99. The van der Waals surface area contributed by atoms with Crippen LogP contribution in [0.5, 0.6) is 11.5 Å². The number of alkyl halides is 2. The van der Waals surface area contributed by atoms with E-state index < -0.39 is 71.6 Å². The second kappa shape index (κ2) is 9.24. The highest BCUT2D eigenvalue weighted by molar-refractivity contribution is 6.05. The number of carbonyl (C=O) groups excluding carboxylic acids is 4. The fourth-order valence-corrected chi connectivity index (χ4v) is 4.08. The standard InChI is InChI=1S/C22H17F4N3O6/c23-17-12(18(24)15(35-22(27)33)7-14(17)34-21(25)26)6-9-1-2-10-8-29(20(32)11(10)5-9)13-3-4-16(30)28-19(13)31/h1-2,5,7,13,21H,3-4,6,8H2,(H2,27,33)(H,28,30,31). The van der Waals surface area contributed by atoms with E-state index in [1.165, 1.54) is 23.1 Å². The molecule has 1 fully saturated rings. The molecule has 35 heavy (non-hydrogen) atoms. The molecule has 2 aliphatic heterocycles. The summed E-state index contributed by atoms with van der Waals surface area (Å²) in [5.74, 6) is -6.31. The average molecular weight is 495 g/mol. The Labute approximate surface area is 194 Å². The Kier molecular flexibility index (Phi) is 6.33. The molecular formula is C22H17F4N3O6. The Morgan fingerprint density at radius 3 is 2.51 bits per heavy atom. The van der Waals surface area contributed by atoms with Gasteiger partial charge in [-0.05, 0) is 23.6 Å². The molecule has 3 N–H and O–H groups in total.